The fourth-order valence-corrected chi connectivity index (χ4v) is 2.90. The lowest BCUT2D eigenvalue weighted by Gasteiger charge is -2.28. The van der Waals surface area contributed by atoms with Crippen molar-refractivity contribution in [3.63, 3.8) is 0 Å². The molecule has 0 aliphatic rings. The van der Waals surface area contributed by atoms with Gasteiger partial charge in [0.15, 0.2) is 5.82 Å². The minimum Gasteiger partial charge on any atom is -0.497 e. The van der Waals surface area contributed by atoms with E-state index in [-0.39, 0.29) is 6.04 Å². The van der Waals surface area contributed by atoms with E-state index >= 15 is 0 Å². The number of nitrogens with one attached hydrogen (secondary N) is 1. The quantitative estimate of drug-likeness (QED) is 0.668. The summed E-state index contributed by atoms with van der Waals surface area (Å²) in [7, 11) is 1.56. The van der Waals surface area contributed by atoms with Gasteiger partial charge in [-0.05, 0) is 50.1 Å². The number of urea groups is 1. The zero-order chi connectivity index (χ0) is 20.9. The normalized spacial score (nSPS) is 12.4. The Hall–Kier alpha value is -2.77. The second kappa shape index (κ2) is 8.95. The second-order valence-electron chi connectivity index (χ2n) is 6.28. The van der Waals surface area contributed by atoms with Crippen molar-refractivity contribution in [1.82, 2.24) is 4.90 Å². The van der Waals surface area contributed by atoms with E-state index < -0.39 is 29.3 Å². The molecule has 0 heterocycles. The lowest BCUT2D eigenvalue weighted by molar-refractivity contribution is -0.139. The average molecular weight is 398 g/mol. The molecule has 0 fully saturated rings. The van der Waals surface area contributed by atoms with Crippen LogP contribution in [0.2, 0.25) is 0 Å². The average Bonchev–Trinajstić information content (AvgIpc) is 2.63. The molecule has 0 bridgehead atoms. The van der Waals surface area contributed by atoms with Gasteiger partial charge in [-0.25, -0.2) is 9.18 Å². The Morgan fingerprint density at radius 1 is 1.18 bits per heavy atom. The minimum atomic E-state index is -4.84. The maximum Gasteiger partial charge on any atom is 0.419 e. The molecule has 0 aromatic heterocycles. The van der Waals surface area contributed by atoms with Crippen LogP contribution in [0.1, 0.15) is 25.0 Å². The van der Waals surface area contributed by atoms with Crippen LogP contribution in [0, 0.1) is 5.82 Å². The minimum absolute atomic E-state index is 0.257. The molecule has 1 atom stereocenters. The van der Waals surface area contributed by atoms with E-state index in [2.05, 4.69) is 5.32 Å². The van der Waals surface area contributed by atoms with E-state index in [1.165, 1.54) is 4.90 Å². The number of hydrogen-bond donors (Lipinski definition) is 1. The lowest BCUT2D eigenvalue weighted by Crippen LogP contribution is -2.42. The molecule has 0 spiro atoms. The summed E-state index contributed by atoms with van der Waals surface area (Å²) in [4.78, 5) is 14.0. The SMILES string of the molecule is CCN(C(=O)Nc1cccc(C(F)(F)F)c1F)C(C)Cc1ccc(OC)cc1. The lowest BCUT2D eigenvalue weighted by atomic mass is 10.1. The summed E-state index contributed by atoms with van der Waals surface area (Å²) in [5.74, 6) is -0.788. The highest BCUT2D eigenvalue weighted by Gasteiger charge is 2.35. The highest BCUT2D eigenvalue weighted by atomic mass is 19.4. The standard InChI is InChI=1S/C20H22F4N2O2/c1-4-26(13(2)12-14-8-10-15(28-3)11-9-14)19(27)25-17-7-5-6-16(18(17)21)20(22,23)24/h5-11,13H,4,12H2,1-3H3,(H,25,27). The van der Waals surface area contributed by atoms with Crippen molar-refractivity contribution in [1.29, 1.82) is 0 Å². The molecule has 0 aliphatic heterocycles. The molecule has 0 saturated carbocycles. The molecular formula is C20H22F4N2O2. The molecule has 2 aromatic carbocycles. The molecule has 2 amide bonds. The predicted octanol–water partition coefficient (Wildman–Crippen LogP) is 5.34. The van der Waals surface area contributed by atoms with Gasteiger partial charge in [0.05, 0.1) is 18.4 Å². The zero-order valence-electron chi connectivity index (χ0n) is 15.8. The third kappa shape index (κ3) is 5.15. The summed E-state index contributed by atoms with van der Waals surface area (Å²) in [5.41, 5.74) is -0.959. The number of alkyl halides is 3. The Morgan fingerprint density at radius 2 is 1.82 bits per heavy atom. The number of benzene rings is 2. The van der Waals surface area contributed by atoms with Crippen LogP contribution in [-0.2, 0) is 12.6 Å². The summed E-state index contributed by atoms with van der Waals surface area (Å²) >= 11 is 0. The van der Waals surface area contributed by atoms with Gasteiger partial charge in [-0.2, -0.15) is 13.2 Å². The Kier molecular flexibility index (Phi) is 6.88. The molecule has 8 heteroatoms. The summed E-state index contributed by atoms with van der Waals surface area (Å²) in [6.07, 6.45) is -4.31. The molecule has 1 unspecified atom stereocenters. The fourth-order valence-electron chi connectivity index (χ4n) is 2.90. The first-order valence-corrected chi connectivity index (χ1v) is 8.73. The van der Waals surface area contributed by atoms with E-state index in [9.17, 15) is 22.4 Å². The topological polar surface area (TPSA) is 41.6 Å². The predicted molar refractivity (Wildman–Crippen MR) is 99.0 cm³/mol. The van der Waals surface area contributed by atoms with Crippen molar-refractivity contribution in [2.45, 2.75) is 32.5 Å². The number of carbonyl (C=O) groups is 1. The monoisotopic (exact) mass is 398 g/mol. The van der Waals surface area contributed by atoms with Gasteiger partial charge in [-0.1, -0.05) is 18.2 Å². The first kappa shape index (κ1) is 21.5. The first-order valence-electron chi connectivity index (χ1n) is 8.73. The van der Waals surface area contributed by atoms with Gasteiger partial charge >= 0.3 is 12.2 Å². The number of rotatable bonds is 6. The van der Waals surface area contributed by atoms with Gasteiger partial charge in [0.1, 0.15) is 5.75 Å². The van der Waals surface area contributed by atoms with Gasteiger partial charge in [-0.15, -0.1) is 0 Å². The van der Waals surface area contributed by atoms with Crippen LogP contribution >= 0.6 is 0 Å². The van der Waals surface area contributed by atoms with Gasteiger partial charge in [-0.3, -0.25) is 0 Å². The second-order valence-corrected chi connectivity index (χ2v) is 6.28. The molecular weight excluding hydrogens is 376 g/mol. The smallest absolute Gasteiger partial charge is 0.419 e. The number of anilines is 1. The summed E-state index contributed by atoms with van der Waals surface area (Å²) in [6.45, 7) is 3.87. The molecule has 0 radical (unpaired) electrons. The van der Waals surface area contributed by atoms with Crippen molar-refractivity contribution >= 4 is 11.7 Å². The van der Waals surface area contributed by atoms with E-state index in [0.717, 1.165) is 17.7 Å². The fraction of sp³-hybridized carbons (Fsp3) is 0.350. The van der Waals surface area contributed by atoms with Crippen molar-refractivity contribution in [2.24, 2.45) is 0 Å². The molecule has 0 aliphatic carbocycles. The highest BCUT2D eigenvalue weighted by Crippen LogP contribution is 2.34. The number of ether oxygens (including phenoxy) is 1. The summed E-state index contributed by atoms with van der Waals surface area (Å²) in [5, 5.41) is 2.25. The van der Waals surface area contributed by atoms with Crippen LogP contribution in [0.25, 0.3) is 0 Å². The Bertz CT molecular complexity index is 807. The van der Waals surface area contributed by atoms with Gasteiger partial charge in [0.2, 0.25) is 0 Å². The number of likely N-dealkylation sites (N-methyl/N-ethyl adjacent to an activating group) is 1. The highest BCUT2D eigenvalue weighted by molar-refractivity contribution is 5.89. The van der Waals surface area contributed by atoms with Crippen LogP contribution < -0.4 is 10.1 Å². The van der Waals surface area contributed by atoms with Crippen molar-refractivity contribution in [3.05, 3.63) is 59.4 Å². The number of halogens is 4. The molecule has 0 saturated heterocycles. The van der Waals surface area contributed by atoms with E-state index in [1.807, 2.05) is 19.1 Å². The number of methoxy groups -OCH3 is 1. The maximum absolute atomic E-state index is 14.2. The molecule has 1 N–H and O–H groups in total. The Morgan fingerprint density at radius 3 is 2.36 bits per heavy atom. The van der Waals surface area contributed by atoms with Gasteiger partial charge in [0, 0.05) is 12.6 Å². The third-order valence-corrected chi connectivity index (χ3v) is 4.37. The van der Waals surface area contributed by atoms with Gasteiger partial charge in [0.25, 0.3) is 0 Å². The van der Waals surface area contributed by atoms with Crippen molar-refractivity contribution in [2.75, 3.05) is 19.0 Å². The van der Waals surface area contributed by atoms with Crippen LogP contribution in [0.3, 0.4) is 0 Å². The molecule has 28 heavy (non-hydrogen) atoms. The van der Waals surface area contributed by atoms with Crippen LogP contribution in [0.4, 0.5) is 28.0 Å². The van der Waals surface area contributed by atoms with Crippen LogP contribution in [-0.4, -0.2) is 30.6 Å². The number of amides is 2. The van der Waals surface area contributed by atoms with Gasteiger partial charge < -0.3 is 15.0 Å². The van der Waals surface area contributed by atoms with E-state index in [0.29, 0.717) is 24.8 Å². The van der Waals surface area contributed by atoms with Crippen molar-refractivity contribution < 1.29 is 27.1 Å². The summed E-state index contributed by atoms with van der Waals surface area (Å²) in [6, 6.07) is 9.21. The zero-order valence-corrected chi connectivity index (χ0v) is 15.8. The van der Waals surface area contributed by atoms with E-state index in [1.54, 1.807) is 26.2 Å². The molecule has 4 nitrogen and oxygen atoms in total. The molecule has 152 valence electrons. The van der Waals surface area contributed by atoms with Crippen LogP contribution in [0.5, 0.6) is 5.75 Å². The Labute approximate surface area is 161 Å². The molecule has 2 aromatic rings. The van der Waals surface area contributed by atoms with Crippen molar-refractivity contribution in [3.8, 4) is 5.75 Å². The van der Waals surface area contributed by atoms with Crippen LogP contribution in [0.15, 0.2) is 42.5 Å². The first-order chi connectivity index (χ1) is 13.2. The third-order valence-electron chi connectivity index (χ3n) is 4.37. The largest absolute Gasteiger partial charge is 0.497 e. The molecule has 2 rings (SSSR count). The Balaban J connectivity index is 2.12. The number of carbonyl (C=O) groups excluding carboxylic acids is 1. The number of hydrogen-bond acceptors (Lipinski definition) is 2. The van der Waals surface area contributed by atoms with E-state index in [4.69, 9.17) is 4.74 Å². The maximum atomic E-state index is 14.2. The summed E-state index contributed by atoms with van der Waals surface area (Å²) < 4.78 is 57.8. The number of nitrogens with zero attached hydrogens (tertiary/aromatic N) is 1.